The molecule has 3 fully saturated rings. The molecule has 2 bridgehead atoms. The number of carbonyl (C=O) groups is 2. The van der Waals surface area contributed by atoms with E-state index in [4.69, 9.17) is 15.1 Å². The second-order valence-corrected chi connectivity index (χ2v) is 5.42. The highest BCUT2D eigenvalue weighted by Gasteiger charge is 2.64. The molecule has 0 aromatic rings. The van der Waals surface area contributed by atoms with Crippen LogP contribution in [-0.2, 0) is 14.3 Å². The van der Waals surface area contributed by atoms with E-state index >= 15 is 0 Å². The van der Waals surface area contributed by atoms with Gasteiger partial charge in [0, 0.05) is 6.42 Å². The molecule has 3 rings (SSSR count). The zero-order valence-corrected chi connectivity index (χ0v) is 11.6. The van der Waals surface area contributed by atoms with Gasteiger partial charge in [0.15, 0.2) is 0 Å². The largest absolute Gasteiger partial charge is 0.411 e. The molecule has 11 nitrogen and oxygen atoms in total. The van der Waals surface area contributed by atoms with Crippen LogP contribution in [0, 0.1) is 0 Å². The number of nitrogens with one attached hydrogen (secondary N) is 2. The molecule has 3 aliphatic rings. The number of fused-ring (bicyclic) bond motifs is 5. The molecule has 2 amide bonds. The minimum atomic E-state index is -2.59. The maximum atomic E-state index is 12.3. The third kappa shape index (κ3) is 2.14. The SMILES string of the molecule is C[C@@](O)(CO)[C@@H](O)C12NC(=O)[C@@](O)(NC1=O)/C(=N/O)CCO2. The number of piperazine rings is 1. The standard InChI is InChI=1S/C11H17N3O8/c1-9(19,4-15)6(16)11-8(18)12-10(20,7(17)13-11)5(14-21)2-3-22-11/h6,15-16,19-21H,2-4H2,1H3,(H,12,18)(H,13,17)/b14-5+/t6-,9-,10-,11?/m1/s1. The van der Waals surface area contributed by atoms with Gasteiger partial charge in [-0.25, -0.2) is 0 Å². The Morgan fingerprint density at radius 1 is 1.41 bits per heavy atom. The third-order valence-corrected chi connectivity index (χ3v) is 3.76. The highest BCUT2D eigenvalue weighted by Crippen LogP contribution is 2.30. The van der Waals surface area contributed by atoms with Crippen LogP contribution in [0.1, 0.15) is 13.3 Å². The van der Waals surface area contributed by atoms with E-state index in [-0.39, 0.29) is 13.0 Å². The molecular weight excluding hydrogens is 302 g/mol. The monoisotopic (exact) mass is 319 g/mol. The summed E-state index contributed by atoms with van der Waals surface area (Å²) in [7, 11) is 0. The molecule has 124 valence electrons. The predicted octanol–water partition coefficient (Wildman–Crippen LogP) is -4.03. The van der Waals surface area contributed by atoms with Crippen molar-refractivity contribution in [2.75, 3.05) is 13.2 Å². The molecule has 22 heavy (non-hydrogen) atoms. The van der Waals surface area contributed by atoms with Crippen LogP contribution in [0.2, 0.25) is 0 Å². The number of oxime groups is 1. The molecule has 0 radical (unpaired) electrons. The number of aliphatic hydroxyl groups excluding tert-OH is 2. The van der Waals surface area contributed by atoms with Gasteiger partial charge in [-0.15, -0.1) is 0 Å². The molecule has 0 aromatic carbocycles. The smallest absolute Gasteiger partial charge is 0.282 e. The van der Waals surface area contributed by atoms with E-state index in [0.29, 0.717) is 0 Å². The predicted molar refractivity (Wildman–Crippen MR) is 67.5 cm³/mol. The van der Waals surface area contributed by atoms with Gasteiger partial charge >= 0.3 is 0 Å². The summed E-state index contributed by atoms with van der Waals surface area (Å²) in [5, 5.41) is 55.0. The number of rotatable bonds is 3. The first-order valence-electron chi connectivity index (χ1n) is 6.38. The fourth-order valence-corrected chi connectivity index (χ4v) is 2.34. The number of ether oxygens (including phenoxy) is 1. The van der Waals surface area contributed by atoms with Crippen molar-refractivity contribution in [1.82, 2.24) is 10.6 Å². The highest BCUT2D eigenvalue weighted by atomic mass is 16.5. The second kappa shape index (κ2) is 5.14. The Balaban J connectivity index is 2.49. The van der Waals surface area contributed by atoms with Gasteiger partial charge in [0.1, 0.15) is 17.4 Å². The van der Waals surface area contributed by atoms with Crippen molar-refractivity contribution in [2.45, 2.75) is 36.5 Å². The van der Waals surface area contributed by atoms with Crippen LogP contribution in [0.25, 0.3) is 0 Å². The maximum Gasteiger partial charge on any atom is 0.282 e. The van der Waals surface area contributed by atoms with Gasteiger partial charge in [-0.05, 0) is 6.92 Å². The number of nitrogens with zero attached hydrogens (tertiary/aromatic N) is 1. The molecule has 0 aromatic heterocycles. The second-order valence-electron chi connectivity index (χ2n) is 5.42. The van der Waals surface area contributed by atoms with Gasteiger partial charge in [0.25, 0.3) is 23.3 Å². The summed E-state index contributed by atoms with van der Waals surface area (Å²) in [5.41, 5.74) is -7.62. The number of hydrogen-bond donors (Lipinski definition) is 7. The molecule has 7 N–H and O–H groups in total. The fraction of sp³-hybridized carbons (Fsp3) is 0.727. The van der Waals surface area contributed by atoms with Crippen LogP contribution in [0.5, 0.6) is 0 Å². The highest BCUT2D eigenvalue weighted by molar-refractivity contribution is 6.17. The molecular formula is C11H17N3O8. The van der Waals surface area contributed by atoms with E-state index in [1.165, 1.54) is 0 Å². The Morgan fingerprint density at radius 3 is 2.59 bits per heavy atom. The van der Waals surface area contributed by atoms with Crippen molar-refractivity contribution in [2.24, 2.45) is 5.16 Å². The Labute approximate surface area is 124 Å². The van der Waals surface area contributed by atoms with Gasteiger partial charge in [0.2, 0.25) is 0 Å². The Bertz CT molecular complexity index is 535. The molecule has 0 spiro atoms. The lowest BCUT2D eigenvalue weighted by Gasteiger charge is -2.49. The Hall–Kier alpha value is -1.79. The molecule has 0 saturated carbocycles. The molecule has 0 aliphatic carbocycles. The number of aliphatic hydroxyl groups is 4. The Kier molecular flexibility index (Phi) is 3.87. The van der Waals surface area contributed by atoms with Gasteiger partial charge in [0.05, 0.1) is 13.2 Å². The minimum Gasteiger partial charge on any atom is -0.411 e. The van der Waals surface area contributed by atoms with Crippen molar-refractivity contribution in [1.29, 1.82) is 0 Å². The lowest BCUT2D eigenvalue weighted by Crippen LogP contribution is -2.84. The van der Waals surface area contributed by atoms with Gasteiger partial charge in [-0.2, -0.15) is 0 Å². The molecule has 4 atom stereocenters. The van der Waals surface area contributed by atoms with Gasteiger partial charge in [-0.3, -0.25) is 9.59 Å². The third-order valence-electron chi connectivity index (χ3n) is 3.76. The summed E-state index contributed by atoms with van der Waals surface area (Å²) in [6.07, 6.45) is -2.26. The molecule has 3 aliphatic heterocycles. The van der Waals surface area contributed by atoms with E-state index < -0.39 is 47.3 Å². The van der Waals surface area contributed by atoms with Crippen LogP contribution < -0.4 is 10.6 Å². The first-order valence-corrected chi connectivity index (χ1v) is 6.38. The Morgan fingerprint density at radius 2 is 2.05 bits per heavy atom. The summed E-state index contributed by atoms with van der Waals surface area (Å²) in [4.78, 5) is 24.4. The molecule has 3 saturated heterocycles. The van der Waals surface area contributed by atoms with E-state index in [2.05, 4.69) is 5.16 Å². The van der Waals surface area contributed by atoms with Crippen LogP contribution in [0.15, 0.2) is 5.16 Å². The minimum absolute atomic E-state index is 0.226. The topological polar surface area (TPSA) is 181 Å². The van der Waals surface area contributed by atoms with Crippen molar-refractivity contribution >= 4 is 17.5 Å². The first-order chi connectivity index (χ1) is 10.1. The average Bonchev–Trinajstić information content (AvgIpc) is 2.46. The van der Waals surface area contributed by atoms with Crippen LogP contribution in [0.3, 0.4) is 0 Å². The number of hydrogen-bond acceptors (Lipinski definition) is 9. The number of carbonyl (C=O) groups excluding carboxylic acids is 2. The normalized spacial score (nSPS) is 37.8. The van der Waals surface area contributed by atoms with E-state index in [1.807, 2.05) is 10.6 Å². The summed E-state index contributed by atoms with van der Waals surface area (Å²) < 4.78 is 5.20. The van der Waals surface area contributed by atoms with Crippen LogP contribution in [0.4, 0.5) is 0 Å². The quantitative estimate of drug-likeness (QED) is 0.203. The van der Waals surface area contributed by atoms with Crippen LogP contribution in [-0.4, -0.2) is 79.5 Å². The van der Waals surface area contributed by atoms with Crippen molar-refractivity contribution in [3.05, 3.63) is 0 Å². The lowest BCUT2D eigenvalue weighted by molar-refractivity contribution is -0.227. The zero-order chi connectivity index (χ0) is 16.8. The fourth-order valence-electron chi connectivity index (χ4n) is 2.34. The lowest BCUT2D eigenvalue weighted by atomic mass is 9.85. The zero-order valence-electron chi connectivity index (χ0n) is 11.6. The average molecular weight is 319 g/mol. The van der Waals surface area contributed by atoms with E-state index in [0.717, 1.165) is 6.92 Å². The maximum absolute atomic E-state index is 12.3. The van der Waals surface area contributed by atoms with E-state index in [1.54, 1.807) is 0 Å². The first kappa shape index (κ1) is 16.6. The molecule has 1 unspecified atom stereocenters. The summed E-state index contributed by atoms with van der Waals surface area (Å²) in [6.45, 7) is -0.195. The summed E-state index contributed by atoms with van der Waals surface area (Å²) >= 11 is 0. The summed E-state index contributed by atoms with van der Waals surface area (Å²) in [6, 6.07) is 0. The van der Waals surface area contributed by atoms with Crippen LogP contribution >= 0.6 is 0 Å². The van der Waals surface area contributed by atoms with Crippen molar-refractivity contribution in [3.8, 4) is 0 Å². The van der Waals surface area contributed by atoms with E-state index in [9.17, 15) is 24.9 Å². The van der Waals surface area contributed by atoms with Gasteiger partial charge in [-0.1, -0.05) is 5.16 Å². The van der Waals surface area contributed by atoms with Gasteiger partial charge < -0.3 is 41.0 Å². The molecule has 11 heteroatoms. The molecule has 3 heterocycles. The van der Waals surface area contributed by atoms with Crippen molar-refractivity contribution in [3.63, 3.8) is 0 Å². The van der Waals surface area contributed by atoms with Crippen molar-refractivity contribution < 1.29 is 40.0 Å². The number of amides is 2. The summed E-state index contributed by atoms with van der Waals surface area (Å²) in [5.74, 6) is -2.39.